The van der Waals surface area contributed by atoms with Gasteiger partial charge in [-0.25, -0.2) is 0 Å². The highest BCUT2D eigenvalue weighted by Gasteiger charge is 2.19. The molecule has 1 unspecified atom stereocenters. The number of hydrogen-bond acceptors (Lipinski definition) is 6. The minimum Gasteiger partial charge on any atom is -0.462 e. The predicted octanol–water partition coefficient (Wildman–Crippen LogP) is 25.2. The van der Waals surface area contributed by atoms with Gasteiger partial charge in [-0.15, -0.1) is 0 Å². The molecule has 0 saturated heterocycles. The molecular weight excluding hydrogens is 1020 g/mol. The van der Waals surface area contributed by atoms with E-state index >= 15 is 0 Å². The van der Waals surface area contributed by atoms with Crippen LogP contribution in [0.3, 0.4) is 0 Å². The van der Waals surface area contributed by atoms with E-state index in [1.165, 1.54) is 250 Å². The fraction of sp³-hybridized carbons (Fsp3) is 0.805. The molecular formula is C77H138O6. The maximum atomic E-state index is 13.0. The number of carbonyl (C=O) groups is 3. The molecule has 0 amide bonds. The van der Waals surface area contributed by atoms with Crippen LogP contribution in [0.4, 0.5) is 0 Å². The average Bonchev–Trinajstić information content (AvgIpc) is 3.48. The second-order valence-corrected chi connectivity index (χ2v) is 24.5. The summed E-state index contributed by atoms with van der Waals surface area (Å²) in [5.74, 6) is -0.848. The number of allylic oxidation sites excluding steroid dienone is 12. The fourth-order valence-corrected chi connectivity index (χ4v) is 10.8. The quantitative estimate of drug-likeness (QED) is 0.0261. The van der Waals surface area contributed by atoms with Gasteiger partial charge in [-0.1, -0.05) is 344 Å². The van der Waals surface area contributed by atoms with Crippen molar-refractivity contribution >= 4 is 17.9 Å². The highest BCUT2D eigenvalue weighted by Crippen LogP contribution is 2.18. The molecule has 0 bridgehead atoms. The van der Waals surface area contributed by atoms with Crippen molar-refractivity contribution < 1.29 is 28.6 Å². The molecule has 482 valence electrons. The Balaban J connectivity index is 4.18. The van der Waals surface area contributed by atoms with Gasteiger partial charge >= 0.3 is 17.9 Å². The van der Waals surface area contributed by atoms with Crippen LogP contribution in [0.15, 0.2) is 72.9 Å². The summed E-state index contributed by atoms with van der Waals surface area (Å²) in [6.45, 7) is 6.57. The van der Waals surface area contributed by atoms with Crippen molar-refractivity contribution in [3.05, 3.63) is 72.9 Å². The molecule has 0 aromatic heterocycles. The van der Waals surface area contributed by atoms with Gasteiger partial charge in [-0.2, -0.15) is 0 Å². The molecule has 1 atom stereocenters. The van der Waals surface area contributed by atoms with Gasteiger partial charge in [0.25, 0.3) is 0 Å². The summed E-state index contributed by atoms with van der Waals surface area (Å²) in [5.41, 5.74) is 0. The Kier molecular flexibility index (Phi) is 68.6. The van der Waals surface area contributed by atoms with Crippen LogP contribution in [0.25, 0.3) is 0 Å². The minimum atomic E-state index is -0.774. The summed E-state index contributed by atoms with van der Waals surface area (Å²) in [4.78, 5) is 38.4. The summed E-state index contributed by atoms with van der Waals surface area (Å²) in [5, 5.41) is 0. The van der Waals surface area contributed by atoms with Gasteiger partial charge in [-0.3, -0.25) is 14.4 Å². The third-order valence-electron chi connectivity index (χ3n) is 16.2. The maximum absolute atomic E-state index is 13.0. The number of carbonyl (C=O) groups excluding carboxylic acids is 3. The first-order chi connectivity index (χ1) is 41.0. The second kappa shape index (κ2) is 71.3. The smallest absolute Gasteiger partial charge is 0.306 e. The Labute approximate surface area is 516 Å². The molecule has 0 spiro atoms. The summed E-state index contributed by atoms with van der Waals surface area (Å²) in [7, 11) is 0. The number of esters is 3. The first-order valence-corrected chi connectivity index (χ1v) is 36.4. The highest BCUT2D eigenvalue weighted by molar-refractivity contribution is 5.71. The Morgan fingerprint density at radius 1 is 0.253 bits per heavy atom. The fourth-order valence-electron chi connectivity index (χ4n) is 10.8. The van der Waals surface area contributed by atoms with Crippen molar-refractivity contribution in [3.63, 3.8) is 0 Å². The van der Waals surface area contributed by atoms with Crippen LogP contribution in [0.2, 0.25) is 0 Å². The largest absolute Gasteiger partial charge is 0.462 e. The standard InChI is InChI=1S/C77H138O6/c1-4-7-10-13-16-19-22-24-26-28-30-32-34-36-38-40-42-44-46-48-50-52-55-58-61-64-67-70-76(79)82-73-74(72-81-75(78)69-66-63-60-57-54-21-18-15-12-9-6-3)83-77(80)71-68-65-62-59-56-53-51-49-47-45-43-41-39-37-35-33-31-29-27-25-23-20-17-14-11-8-5-2/h7,10,16,19,23-26,29-32,74H,4-6,8-9,11-15,17-18,20-22,27-28,33-73H2,1-3H3/b10-7-,19-16-,25-23-,26-24-,31-29-,32-30-. The molecule has 0 aliphatic heterocycles. The van der Waals surface area contributed by atoms with Crippen LogP contribution < -0.4 is 0 Å². The molecule has 83 heavy (non-hydrogen) atoms. The average molecular weight is 1160 g/mol. The van der Waals surface area contributed by atoms with Crippen molar-refractivity contribution in [2.75, 3.05) is 13.2 Å². The van der Waals surface area contributed by atoms with Gasteiger partial charge in [0.1, 0.15) is 13.2 Å². The highest BCUT2D eigenvalue weighted by atomic mass is 16.6. The summed E-state index contributed by atoms with van der Waals surface area (Å²) in [6, 6.07) is 0. The lowest BCUT2D eigenvalue weighted by Gasteiger charge is -2.18. The molecule has 0 rings (SSSR count). The van der Waals surface area contributed by atoms with E-state index < -0.39 is 6.10 Å². The van der Waals surface area contributed by atoms with Crippen LogP contribution in [0, 0.1) is 0 Å². The third kappa shape index (κ3) is 69.5. The van der Waals surface area contributed by atoms with E-state index in [1.54, 1.807) is 0 Å². The van der Waals surface area contributed by atoms with Crippen molar-refractivity contribution in [1.82, 2.24) is 0 Å². The molecule has 0 saturated carbocycles. The van der Waals surface area contributed by atoms with Crippen molar-refractivity contribution in [3.8, 4) is 0 Å². The Morgan fingerprint density at radius 2 is 0.470 bits per heavy atom. The summed E-state index contributed by atoms with van der Waals surface area (Å²) < 4.78 is 17.0. The minimum absolute atomic E-state index is 0.0698. The molecule has 0 fully saturated rings. The third-order valence-corrected chi connectivity index (χ3v) is 16.2. The summed E-state index contributed by atoms with van der Waals surface area (Å²) >= 11 is 0. The molecule has 0 heterocycles. The number of hydrogen-bond donors (Lipinski definition) is 0. The zero-order chi connectivity index (χ0) is 59.9. The lowest BCUT2D eigenvalue weighted by molar-refractivity contribution is -0.167. The number of ether oxygens (including phenoxy) is 3. The van der Waals surface area contributed by atoms with Crippen molar-refractivity contribution in [2.45, 2.75) is 386 Å². The van der Waals surface area contributed by atoms with Gasteiger partial charge in [0, 0.05) is 19.3 Å². The van der Waals surface area contributed by atoms with Crippen LogP contribution in [-0.2, 0) is 28.6 Å². The van der Waals surface area contributed by atoms with Crippen LogP contribution in [0.5, 0.6) is 0 Å². The summed E-state index contributed by atoms with van der Waals surface area (Å²) in [6.07, 6.45) is 93.7. The predicted molar refractivity (Wildman–Crippen MR) is 362 cm³/mol. The maximum Gasteiger partial charge on any atom is 0.306 e. The number of unbranched alkanes of at least 4 members (excludes halogenated alkanes) is 44. The van der Waals surface area contributed by atoms with Gasteiger partial charge in [0.15, 0.2) is 6.10 Å². The molecule has 0 N–H and O–H groups in total. The van der Waals surface area contributed by atoms with E-state index in [9.17, 15) is 14.4 Å². The van der Waals surface area contributed by atoms with E-state index in [-0.39, 0.29) is 31.1 Å². The van der Waals surface area contributed by atoms with Crippen LogP contribution in [-0.4, -0.2) is 37.2 Å². The molecule has 0 aliphatic rings. The molecule has 0 aliphatic carbocycles. The van der Waals surface area contributed by atoms with E-state index in [1.807, 2.05) is 0 Å². The van der Waals surface area contributed by atoms with Crippen molar-refractivity contribution in [2.24, 2.45) is 0 Å². The second-order valence-electron chi connectivity index (χ2n) is 24.5. The molecule has 0 aromatic rings. The lowest BCUT2D eigenvalue weighted by atomic mass is 10.0. The van der Waals surface area contributed by atoms with Gasteiger partial charge in [-0.05, 0) is 89.9 Å². The van der Waals surface area contributed by atoms with Crippen LogP contribution in [0.1, 0.15) is 380 Å². The normalized spacial score (nSPS) is 12.5. The van der Waals surface area contributed by atoms with E-state index in [4.69, 9.17) is 14.2 Å². The Morgan fingerprint density at radius 3 is 0.735 bits per heavy atom. The molecule has 0 aromatic carbocycles. The molecule has 6 nitrogen and oxygen atoms in total. The molecule has 6 heteroatoms. The zero-order valence-corrected chi connectivity index (χ0v) is 55.5. The van der Waals surface area contributed by atoms with Crippen molar-refractivity contribution in [1.29, 1.82) is 0 Å². The topological polar surface area (TPSA) is 78.9 Å². The number of rotatable bonds is 67. The van der Waals surface area contributed by atoms with Gasteiger partial charge in [0.2, 0.25) is 0 Å². The monoisotopic (exact) mass is 1160 g/mol. The SMILES string of the molecule is CC/C=C\C/C=C\C/C=C\C/C=C\CCCCCCCCCCCCCCCCC(=O)OCC(COC(=O)CCCCCCCCCCCCC)OC(=O)CCCCCCCCCCCCCCCCC/C=C\C/C=C\CCCCCCC. The van der Waals surface area contributed by atoms with E-state index in [2.05, 4.69) is 93.7 Å². The van der Waals surface area contributed by atoms with Gasteiger partial charge in [0.05, 0.1) is 0 Å². The van der Waals surface area contributed by atoms with E-state index in [0.29, 0.717) is 19.3 Å². The zero-order valence-electron chi connectivity index (χ0n) is 55.5. The Hall–Kier alpha value is -3.15. The van der Waals surface area contributed by atoms with Gasteiger partial charge < -0.3 is 14.2 Å². The molecule has 0 radical (unpaired) electrons. The Bertz CT molecular complexity index is 1520. The van der Waals surface area contributed by atoms with Crippen LogP contribution >= 0.6 is 0 Å². The first-order valence-electron chi connectivity index (χ1n) is 36.4. The first kappa shape index (κ1) is 79.8. The lowest BCUT2D eigenvalue weighted by Crippen LogP contribution is -2.30. The van der Waals surface area contributed by atoms with E-state index in [0.717, 1.165) is 89.9 Å².